The van der Waals surface area contributed by atoms with Gasteiger partial charge in [-0.15, -0.1) is 0 Å². The Labute approximate surface area is 262 Å². The Kier molecular flexibility index (Phi) is 9.56. The first-order chi connectivity index (χ1) is 21.5. The first-order valence-corrected chi connectivity index (χ1v) is 17.5. The van der Waals surface area contributed by atoms with Crippen LogP contribution < -0.4 is 19.3 Å². The molecule has 11 nitrogen and oxygen atoms in total. The van der Waals surface area contributed by atoms with Gasteiger partial charge in [0.1, 0.15) is 24.6 Å². The maximum absolute atomic E-state index is 11.9. The van der Waals surface area contributed by atoms with Gasteiger partial charge in [-0.25, -0.2) is 4.48 Å². The molecule has 2 aliphatic heterocycles. The molecule has 3 N–H and O–H groups in total. The van der Waals surface area contributed by atoms with Crippen LogP contribution >= 0.6 is 0 Å². The fraction of sp³-hybridized carbons (Fsp3) is 0.219. The first kappa shape index (κ1) is 32.1. The van der Waals surface area contributed by atoms with E-state index in [9.17, 15) is 25.9 Å². The number of pyridine rings is 1. The zero-order chi connectivity index (χ0) is 32.1. The molecule has 2 aliphatic rings. The lowest BCUT2D eigenvalue weighted by Crippen LogP contribution is -2.59. The molecule has 3 heterocycles. The maximum Gasteiger partial charge on any atom is 0.270 e. The normalized spacial score (nSPS) is 17.8. The van der Waals surface area contributed by atoms with Gasteiger partial charge >= 0.3 is 0 Å². The summed E-state index contributed by atoms with van der Waals surface area (Å²) < 4.78 is 79.0. The van der Waals surface area contributed by atoms with Crippen molar-refractivity contribution in [3.05, 3.63) is 115 Å². The second kappa shape index (κ2) is 13.4. The van der Waals surface area contributed by atoms with Crippen molar-refractivity contribution in [2.45, 2.75) is 19.6 Å². The van der Waals surface area contributed by atoms with E-state index in [2.05, 4.69) is 10.3 Å². The first-order valence-electron chi connectivity index (χ1n) is 14.2. The molecule has 0 bridgehead atoms. The van der Waals surface area contributed by atoms with Crippen molar-refractivity contribution >= 4 is 42.4 Å². The number of anilines is 1. The van der Waals surface area contributed by atoms with Gasteiger partial charge in [0.15, 0.2) is 23.1 Å². The van der Waals surface area contributed by atoms with E-state index in [-0.39, 0.29) is 17.6 Å². The van der Waals surface area contributed by atoms with Crippen LogP contribution in [-0.2, 0) is 20.2 Å². The second-order valence-electron chi connectivity index (χ2n) is 10.5. The van der Waals surface area contributed by atoms with Crippen LogP contribution in [0.4, 0.5) is 11.4 Å². The van der Waals surface area contributed by atoms with E-state index in [4.69, 9.17) is 9.47 Å². The molecule has 0 radical (unpaired) electrons. The number of aromatic nitrogens is 1. The van der Waals surface area contributed by atoms with Crippen molar-refractivity contribution in [3.63, 3.8) is 0 Å². The summed E-state index contributed by atoms with van der Waals surface area (Å²) in [6.07, 6.45) is 6.82. The van der Waals surface area contributed by atoms with Gasteiger partial charge in [0, 0.05) is 29.9 Å². The summed E-state index contributed by atoms with van der Waals surface area (Å²) in [5, 5.41) is 4.81. The van der Waals surface area contributed by atoms with Crippen molar-refractivity contribution < 1.29 is 35.4 Å². The zero-order valence-electron chi connectivity index (χ0n) is 24.5. The molecule has 0 amide bonds. The van der Waals surface area contributed by atoms with Gasteiger partial charge in [-0.3, -0.25) is 14.1 Å². The van der Waals surface area contributed by atoms with E-state index in [0.29, 0.717) is 29.5 Å². The summed E-state index contributed by atoms with van der Waals surface area (Å²) in [5.74, 6) is 0.363. The summed E-state index contributed by atoms with van der Waals surface area (Å²) in [5.41, 5.74) is 2.20. The topological polar surface area (TPSA) is 152 Å². The Morgan fingerprint density at radius 1 is 0.867 bits per heavy atom. The largest absolute Gasteiger partial charge is 0.439 e. The van der Waals surface area contributed by atoms with Crippen LogP contribution in [-0.4, -0.2) is 61.7 Å². The average molecular weight is 653 g/mol. The van der Waals surface area contributed by atoms with Crippen molar-refractivity contribution in [1.82, 2.24) is 9.47 Å². The van der Waals surface area contributed by atoms with E-state index < -0.39 is 38.0 Å². The SMILES string of the molecule is CCC(=CC1Oc2ccc3ccccc3c2[N+]1(CCS(=O)(=O)O)CCS(=O)(=O)O)C=C1Nc2ccccc2O1.c1ccncc1. The number of benzene rings is 3. The van der Waals surface area contributed by atoms with E-state index in [1.807, 2.05) is 91.9 Å². The Morgan fingerprint density at radius 2 is 1.53 bits per heavy atom. The van der Waals surface area contributed by atoms with Crippen molar-refractivity contribution in [3.8, 4) is 11.5 Å². The quantitative estimate of drug-likeness (QED) is 0.158. The van der Waals surface area contributed by atoms with Crippen LogP contribution in [0.2, 0.25) is 0 Å². The van der Waals surface area contributed by atoms with Crippen LogP contribution in [0.25, 0.3) is 10.8 Å². The van der Waals surface area contributed by atoms with Gasteiger partial charge in [0.05, 0.1) is 5.69 Å². The molecule has 4 aromatic rings. The third-order valence-electron chi connectivity index (χ3n) is 7.55. The summed E-state index contributed by atoms with van der Waals surface area (Å²) in [6, 6.07) is 24.3. The van der Waals surface area contributed by atoms with Crippen molar-refractivity contribution in [2.24, 2.45) is 0 Å². The lowest BCUT2D eigenvalue weighted by Gasteiger charge is -2.37. The Hall–Kier alpha value is -4.27. The van der Waals surface area contributed by atoms with Gasteiger partial charge in [0.2, 0.25) is 0 Å². The highest BCUT2D eigenvalue weighted by atomic mass is 32.2. The molecule has 236 valence electrons. The lowest BCUT2D eigenvalue weighted by molar-refractivity contribution is 0.116. The third kappa shape index (κ3) is 7.88. The number of hydrogen-bond donors (Lipinski definition) is 3. The minimum absolute atomic E-state index is 0.190. The van der Waals surface area contributed by atoms with Crippen LogP contribution in [0, 0.1) is 0 Å². The second-order valence-corrected chi connectivity index (χ2v) is 13.7. The molecule has 6 rings (SSSR count). The molecular weight excluding hydrogens is 618 g/mol. The fourth-order valence-electron chi connectivity index (χ4n) is 5.40. The molecule has 0 spiro atoms. The van der Waals surface area contributed by atoms with Gasteiger partial charge < -0.3 is 14.8 Å². The van der Waals surface area contributed by atoms with E-state index in [1.165, 1.54) is 0 Å². The van der Waals surface area contributed by atoms with Crippen molar-refractivity contribution in [2.75, 3.05) is 29.9 Å². The highest BCUT2D eigenvalue weighted by Gasteiger charge is 2.50. The Morgan fingerprint density at radius 3 is 2.13 bits per heavy atom. The van der Waals surface area contributed by atoms with Crippen LogP contribution in [0.5, 0.6) is 11.5 Å². The molecule has 0 saturated carbocycles. The molecule has 1 unspecified atom stereocenters. The fourth-order valence-corrected chi connectivity index (χ4v) is 6.52. The van der Waals surface area contributed by atoms with Crippen molar-refractivity contribution in [1.29, 1.82) is 0 Å². The van der Waals surface area contributed by atoms with Gasteiger partial charge in [-0.1, -0.05) is 49.4 Å². The highest BCUT2D eigenvalue weighted by molar-refractivity contribution is 7.86. The molecule has 1 aromatic heterocycles. The maximum atomic E-state index is 11.9. The molecule has 45 heavy (non-hydrogen) atoms. The lowest BCUT2D eigenvalue weighted by atomic mass is 10.1. The number of ether oxygens (including phenoxy) is 2. The molecule has 1 atom stereocenters. The third-order valence-corrected chi connectivity index (χ3v) is 8.95. The monoisotopic (exact) mass is 652 g/mol. The number of fused-ring (bicyclic) bond motifs is 4. The van der Waals surface area contributed by atoms with Crippen LogP contribution in [0.1, 0.15) is 13.3 Å². The molecule has 0 saturated heterocycles. The molecule has 3 aromatic carbocycles. The number of para-hydroxylation sites is 2. The summed E-state index contributed by atoms with van der Waals surface area (Å²) in [6.45, 7) is 1.56. The van der Waals surface area contributed by atoms with Crippen LogP contribution in [0.15, 0.2) is 115 Å². The summed E-state index contributed by atoms with van der Waals surface area (Å²) in [7, 11) is -8.82. The summed E-state index contributed by atoms with van der Waals surface area (Å²) >= 11 is 0. The van der Waals surface area contributed by atoms with Gasteiger partial charge in [-0.05, 0) is 53.8 Å². The highest BCUT2D eigenvalue weighted by Crippen LogP contribution is 2.48. The van der Waals surface area contributed by atoms with E-state index in [0.717, 1.165) is 22.0 Å². The summed E-state index contributed by atoms with van der Waals surface area (Å²) in [4.78, 5) is 3.78. The Balaban J connectivity index is 0.000000598. The van der Waals surface area contributed by atoms with E-state index >= 15 is 0 Å². The smallest absolute Gasteiger partial charge is 0.270 e. The number of allylic oxidation sites excluding steroid dienone is 2. The molecule has 13 heteroatoms. The number of rotatable bonds is 9. The standard InChI is InChI=1S/C27H28N2O8S2.C5H5N/c1-2-19(17-25-28-22-9-5-6-10-23(22)36-25)18-26-29(13-15-38(30,31)32,14-16-39(33,34)35)27-21-8-4-3-7-20(21)11-12-24(27)37-26;1-2-4-6-5-3-1/h3-12,17-18,26,28H,2,13-16H2,1H3,(H-,30,31,32,33,34,35);1-5H/p+1. The van der Waals surface area contributed by atoms with Gasteiger partial charge in [-0.2, -0.15) is 16.8 Å². The van der Waals surface area contributed by atoms with E-state index in [1.54, 1.807) is 18.5 Å². The predicted molar refractivity (Wildman–Crippen MR) is 174 cm³/mol. The minimum Gasteiger partial charge on any atom is -0.439 e. The minimum atomic E-state index is -4.41. The number of hydrogen-bond acceptors (Lipinski definition) is 8. The predicted octanol–water partition coefficient (Wildman–Crippen LogP) is 5.41. The number of nitrogens with zero attached hydrogens (tertiary/aromatic N) is 2. The molecular formula is C32H34N3O8S2+. The van der Waals surface area contributed by atoms with Crippen LogP contribution in [0.3, 0.4) is 0 Å². The number of nitrogens with one attached hydrogen (secondary N) is 1. The molecule has 0 aliphatic carbocycles. The Bertz CT molecular complexity index is 1860. The van der Waals surface area contributed by atoms with Gasteiger partial charge in [0.25, 0.3) is 26.5 Å². The number of quaternary nitrogens is 1. The zero-order valence-corrected chi connectivity index (χ0v) is 26.1. The molecule has 0 fully saturated rings. The average Bonchev–Trinajstić information content (AvgIpc) is 3.57.